The molecule has 2 N–H and O–H groups in total. The molecule has 0 heterocycles. The Morgan fingerprint density at radius 1 is 1.00 bits per heavy atom. The molecule has 58 valence electrons. The van der Waals surface area contributed by atoms with Crippen molar-refractivity contribution in [3.05, 3.63) is 0 Å². The van der Waals surface area contributed by atoms with E-state index < -0.39 is 12.2 Å². The summed E-state index contributed by atoms with van der Waals surface area (Å²) in [6.07, 6.45) is 3.49. The second kappa shape index (κ2) is 2.21. The molecule has 0 saturated heterocycles. The molecule has 0 aromatic heterocycles. The Bertz CT molecular complexity index is 135. The third-order valence-corrected chi connectivity index (χ3v) is 3.03. The Morgan fingerprint density at radius 3 is 2.60 bits per heavy atom. The van der Waals surface area contributed by atoms with Crippen molar-refractivity contribution >= 4 is 0 Å². The number of rotatable bonds is 0. The van der Waals surface area contributed by atoms with E-state index in [1.165, 1.54) is 6.42 Å². The normalized spacial score (nSPS) is 53.4. The fourth-order valence-electron chi connectivity index (χ4n) is 2.43. The van der Waals surface area contributed by atoms with E-state index in [4.69, 9.17) is 0 Å². The van der Waals surface area contributed by atoms with Gasteiger partial charge in [-0.05, 0) is 37.5 Å². The van der Waals surface area contributed by atoms with Crippen LogP contribution in [0.1, 0.15) is 25.7 Å². The van der Waals surface area contributed by atoms with Gasteiger partial charge in [-0.3, -0.25) is 0 Å². The van der Waals surface area contributed by atoms with Crippen LogP contribution in [-0.2, 0) is 0 Å². The fraction of sp³-hybridized carbons (Fsp3) is 1.00. The van der Waals surface area contributed by atoms with Crippen molar-refractivity contribution in [2.75, 3.05) is 0 Å². The molecule has 0 aliphatic heterocycles. The van der Waals surface area contributed by atoms with E-state index in [0.29, 0.717) is 11.8 Å². The third kappa shape index (κ3) is 0.867. The topological polar surface area (TPSA) is 40.5 Å². The van der Waals surface area contributed by atoms with Crippen LogP contribution in [0.3, 0.4) is 0 Å². The summed E-state index contributed by atoms with van der Waals surface area (Å²) in [5.41, 5.74) is 0. The molecule has 0 aromatic rings. The van der Waals surface area contributed by atoms with E-state index in [9.17, 15) is 10.2 Å². The van der Waals surface area contributed by atoms with E-state index in [2.05, 4.69) is 0 Å². The molecule has 0 radical (unpaired) electrons. The van der Waals surface area contributed by atoms with Crippen LogP contribution in [-0.4, -0.2) is 22.4 Å². The van der Waals surface area contributed by atoms with Crippen LogP contribution in [0.25, 0.3) is 0 Å². The first-order valence-corrected chi connectivity index (χ1v) is 4.13. The van der Waals surface area contributed by atoms with Crippen molar-refractivity contribution in [3.63, 3.8) is 0 Å². The summed E-state index contributed by atoms with van der Waals surface area (Å²) in [5, 5.41) is 18.7. The molecular weight excluding hydrogens is 128 g/mol. The highest BCUT2D eigenvalue weighted by atomic mass is 16.3. The van der Waals surface area contributed by atoms with E-state index >= 15 is 0 Å². The van der Waals surface area contributed by atoms with Crippen molar-refractivity contribution < 1.29 is 10.2 Å². The molecule has 2 rings (SSSR count). The highest BCUT2D eigenvalue weighted by molar-refractivity contribution is 4.91. The van der Waals surface area contributed by atoms with Crippen LogP contribution in [0.4, 0.5) is 0 Å². The minimum absolute atomic E-state index is 0.411. The van der Waals surface area contributed by atoms with Crippen molar-refractivity contribution in [3.8, 4) is 0 Å². The summed E-state index contributed by atoms with van der Waals surface area (Å²) < 4.78 is 0. The summed E-state index contributed by atoms with van der Waals surface area (Å²) in [4.78, 5) is 0. The molecule has 2 bridgehead atoms. The van der Waals surface area contributed by atoms with Gasteiger partial charge in [0.1, 0.15) is 0 Å². The second-order valence-corrected chi connectivity index (χ2v) is 3.73. The summed E-state index contributed by atoms with van der Waals surface area (Å²) in [5.74, 6) is 1.12. The average Bonchev–Trinajstić information content (AvgIpc) is 2.29. The third-order valence-electron chi connectivity index (χ3n) is 3.03. The van der Waals surface area contributed by atoms with Crippen LogP contribution in [0.5, 0.6) is 0 Å². The molecule has 0 spiro atoms. The first kappa shape index (κ1) is 6.62. The molecule has 0 amide bonds. The number of fused-ring (bicyclic) bond motifs is 2. The van der Waals surface area contributed by atoms with Gasteiger partial charge in [0.05, 0.1) is 12.2 Å². The SMILES string of the molecule is O[C@@H]1[C@@H]2CC[C@@H](C2)C[C@@H]1O. The molecule has 10 heavy (non-hydrogen) atoms. The minimum atomic E-state index is -0.425. The number of hydrogen-bond acceptors (Lipinski definition) is 2. The molecule has 2 aliphatic rings. The zero-order chi connectivity index (χ0) is 7.14. The quantitative estimate of drug-likeness (QED) is 0.518. The Kier molecular flexibility index (Phi) is 1.46. The Morgan fingerprint density at radius 2 is 1.80 bits per heavy atom. The number of hydrogen-bond donors (Lipinski definition) is 2. The Hall–Kier alpha value is -0.0800. The zero-order valence-electron chi connectivity index (χ0n) is 6.03. The first-order valence-electron chi connectivity index (χ1n) is 4.13. The molecule has 4 atom stereocenters. The smallest absolute Gasteiger partial charge is 0.0827 e. The van der Waals surface area contributed by atoms with E-state index in [1.54, 1.807) is 0 Å². The van der Waals surface area contributed by atoms with Gasteiger partial charge >= 0.3 is 0 Å². The molecular formula is C8H14O2. The zero-order valence-corrected chi connectivity index (χ0v) is 6.03. The van der Waals surface area contributed by atoms with Crippen LogP contribution in [0, 0.1) is 11.8 Å². The Labute approximate surface area is 60.9 Å². The van der Waals surface area contributed by atoms with Gasteiger partial charge in [0.15, 0.2) is 0 Å². The highest BCUT2D eigenvalue weighted by Crippen LogP contribution is 2.41. The van der Waals surface area contributed by atoms with Crippen LogP contribution in [0.15, 0.2) is 0 Å². The molecule has 2 aliphatic carbocycles. The van der Waals surface area contributed by atoms with E-state index in [1.807, 2.05) is 0 Å². The van der Waals surface area contributed by atoms with Gasteiger partial charge in [-0.25, -0.2) is 0 Å². The van der Waals surface area contributed by atoms with Gasteiger partial charge in [-0.2, -0.15) is 0 Å². The predicted octanol–water partition coefficient (Wildman–Crippen LogP) is 0.528. The van der Waals surface area contributed by atoms with Crippen molar-refractivity contribution in [1.82, 2.24) is 0 Å². The van der Waals surface area contributed by atoms with Gasteiger partial charge < -0.3 is 10.2 Å². The average molecular weight is 142 g/mol. The molecule has 2 nitrogen and oxygen atoms in total. The second-order valence-electron chi connectivity index (χ2n) is 3.73. The number of aliphatic hydroxyl groups is 2. The highest BCUT2D eigenvalue weighted by Gasteiger charge is 2.39. The molecule has 0 aromatic carbocycles. The standard InChI is InChI=1S/C8H14O2/c9-7-4-5-1-2-6(3-5)8(7)10/h5-10H,1-4H2/t5-,6+,7-,8+/m0/s1. The predicted molar refractivity (Wildman–Crippen MR) is 37.5 cm³/mol. The maximum atomic E-state index is 9.41. The fourth-order valence-corrected chi connectivity index (χ4v) is 2.43. The van der Waals surface area contributed by atoms with E-state index in [0.717, 1.165) is 19.3 Å². The summed E-state index contributed by atoms with van der Waals surface area (Å²) >= 11 is 0. The summed E-state index contributed by atoms with van der Waals surface area (Å²) in [6.45, 7) is 0. The summed E-state index contributed by atoms with van der Waals surface area (Å²) in [7, 11) is 0. The van der Waals surface area contributed by atoms with Crippen molar-refractivity contribution in [2.24, 2.45) is 11.8 Å². The largest absolute Gasteiger partial charge is 0.390 e. The first-order chi connectivity index (χ1) is 4.77. The van der Waals surface area contributed by atoms with Crippen molar-refractivity contribution in [1.29, 1.82) is 0 Å². The number of aliphatic hydroxyl groups excluding tert-OH is 2. The van der Waals surface area contributed by atoms with Gasteiger partial charge in [0.2, 0.25) is 0 Å². The molecule has 2 fully saturated rings. The van der Waals surface area contributed by atoms with Gasteiger partial charge in [-0.15, -0.1) is 0 Å². The van der Waals surface area contributed by atoms with Crippen LogP contribution in [0.2, 0.25) is 0 Å². The van der Waals surface area contributed by atoms with Gasteiger partial charge in [0, 0.05) is 0 Å². The lowest BCUT2D eigenvalue weighted by atomic mass is 9.85. The minimum Gasteiger partial charge on any atom is -0.390 e. The van der Waals surface area contributed by atoms with Gasteiger partial charge in [0.25, 0.3) is 0 Å². The Balaban J connectivity index is 2.09. The van der Waals surface area contributed by atoms with Gasteiger partial charge in [-0.1, -0.05) is 0 Å². The lowest BCUT2D eigenvalue weighted by Crippen LogP contribution is -2.36. The molecule has 0 unspecified atom stereocenters. The summed E-state index contributed by atoms with van der Waals surface area (Å²) in [6, 6.07) is 0. The maximum Gasteiger partial charge on any atom is 0.0827 e. The molecule has 2 heteroatoms. The molecule has 2 saturated carbocycles. The monoisotopic (exact) mass is 142 g/mol. The van der Waals surface area contributed by atoms with Crippen LogP contribution >= 0.6 is 0 Å². The van der Waals surface area contributed by atoms with Crippen molar-refractivity contribution in [2.45, 2.75) is 37.9 Å². The lowest BCUT2D eigenvalue weighted by Gasteiger charge is -2.29. The lowest BCUT2D eigenvalue weighted by molar-refractivity contribution is -0.0423. The van der Waals surface area contributed by atoms with E-state index in [-0.39, 0.29) is 0 Å². The van der Waals surface area contributed by atoms with Crippen LogP contribution < -0.4 is 0 Å². The maximum absolute atomic E-state index is 9.41.